The fourth-order valence-electron chi connectivity index (χ4n) is 4.00. The molecule has 2 aliphatic rings. The Morgan fingerprint density at radius 3 is 2.00 bits per heavy atom. The van der Waals surface area contributed by atoms with E-state index in [4.69, 9.17) is 14.2 Å². The Morgan fingerprint density at radius 1 is 0.704 bits per heavy atom. The van der Waals surface area contributed by atoms with Gasteiger partial charge in [0.25, 0.3) is 0 Å². The molecule has 1 aromatic rings. The van der Waals surface area contributed by atoms with E-state index in [0.29, 0.717) is 13.0 Å². The number of cyclic esters (lactones) is 1. The van der Waals surface area contributed by atoms with Crippen molar-refractivity contribution in [2.75, 3.05) is 6.61 Å². The largest absolute Gasteiger partial charge is 0.466 e. The highest BCUT2D eigenvalue weighted by Crippen LogP contribution is 2.35. The summed E-state index contributed by atoms with van der Waals surface area (Å²) in [4.78, 5) is 11.7. The van der Waals surface area contributed by atoms with E-state index >= 15 is 0 Å². The van der Waals surface area contributed by atoms with Crippen molar-refractivity contribution < 1.29 is 19.0 Å². The number of benzene rings is 1. The number of esters is 1. The average molecular weight is 375 g/mol. The van der Waals surface area contributed by atoms with Gasteiger partial charge in [-0.2, -0.15) is 0 Å². The first kappa shape index (κ1) is 20.3. The van der Waals surface area contributed by atoms with Crippen molar-refractivity contribution >= 4 is 5.97 Å². The zero-order chi connectivity index (χ0) is 18.7. The van der Waals surface area contributed by atoms with Gasteiger partial charge in [0.2, 0.25) is 0 Å². The van der Waals surface area contributed by atoms with Gasteiger partial charge in [0.05, 0.1) is 18.8 Å². The summed E-state index contributed by atoms with van der Waals surface area (Å²) in [5, 5.41) is 0. The number of ether oxygens (including phenoxy) is 3. The van der Waals surface area contributed by atoms with Gasteiger partial charge in [-0.25, -0.2) is 0 Å². The zero-order valence-electron chi connectivity index (χ0n) is 16.4. The summed E-state index contributed by atoms with van der Waals surface area (Å²) in [6, 6.07) is 10.3. The van der Waals surface area contributed by atoms with E-state index in [9.17, 15) is 4.79 Å². The number of carbonyl (C=O) groups excluding carboxylic acids is 1. The lowest BCUT2D eigenvalue weighted by molar-refractivity contribution is -0.143. The number of rotatable bonds is 1. The molecule has 0 saturated carbocycles. The van der Waals surface area contributed by atoms with Crippen molar-refractivity contribution in [3.8, 4) is 0 Å². The molecule has 150 valence electrons. The summed E-state index contributed by atoms with van der Waals surface area (Å²) >= 11 is 0. The van der Waals surface area contributed by atoms with Crippen molar-refractivity contribution in [3.63, 3.8) is 0 Å². The number of hydrogen-bond donors (Lipinski definition) is 0. The summed E-state index contributed by atoms with van der Waals surface area (Å²) in [5.41, 5.74) is 1.12. The fourth-order valence-corrected chi connectivity index (χ4v) is 4.00. The molecular formula is C23H34O4. The molecule has 0 radical (unpaired) electrons. The highest BCUT2D eigenvalue weighted by atomic mass is 16.7. The van der Waals surface area contributed by atoms with Gasteiger partial charge >= 0.3 is 5.97 Å². The predicted octanol–water partition coefficient (Wildman–Crippen LogP) is 5.71. The SMILES string of the molecule is O=C1CCCCCCC[C@@H]2OC(c3ccccc3)O[C@H]2CCCCCCO1. The van der Waals surface area contributed by atoms with Crippen molar-refractivity contribution in [3.05, 3.63) is 35.9 Å². The second-order valence-electron chi connectivity index (χ2n) is 7.82. The van der Waals surface area contributed by atoms with Crippen LogP contribution in [0.1, 0.15) is 88.9 Å². The smallest absolute Gasteiger partial charge is 0.305 e. The minimum atomic E-state index is -0.216. The summed E-state index contributed by atoms with van der Waals surface area (Å²) in [6.45, 7) is 0.570. The monoisotopic (exact) mass is 374 g/mol. The molecule has 0 aromatic heterocycles. The molecule has 0 N–H and O–H groups in total. The maximum atomic E-state index is 11.7. The Balaban J connectivity index is 1.52. The molecule has 2 heterocycles. The van der Waals surface area contributed by atoms with Crippen LogP contribution in [0.4, 0.5) is 0 Å². The van der Waals surface area contributed by atoms with Crippen LogP contribution in [0.15, 0.2) is 30.3 Å². The lowest BCUT2D eigenvalue weighted by Gasteiger charge is -2.16. The van der Waals surface area contributed by atoms with Gasteiger partial charge in [0.1, 0.15) is 0 Å². The van der Waals surface area contributed by atoms with Crippen molar-refractivity contribution in [1.29, 1.82) is 0 Å². The summed E-state index contributed by atoms with van der Waals surface area (Å²) in [5.74, 6) is -0.0254. The molecule has 0 bridgehead atoms. The maximum Gasteiger partial charge on any atom is 0.305 e. The molecule has 2 saturated heterocycles. The van der Waals surface area contributed by atoms with Crippen LogP contribution in [0.2, 0.25) is 0 Å². The number of fused-ring (bicyclic) bond motifs is 1. The number of carbonyl (C=O) groups is 1. The predicted molar refractivity (Wildman–Crippen MR) is 105 cm³/mol. The Labute approximate surface area is 163 Å². The van der Waals surface area contributed by atoms with Gasteiger partial charge in [0.15, 0.2) is 6.29 Å². The third-order valence-corrected chi connectivity index (χ3v) is 5.60. The van der Waals surface area contributed by atoms with Crippen LogP contribution < -0.4 is 0 Å². The van der Waals surface area contributed by atoms with Crippen LogP contribution >= 0.6 is 0 Å². The van der Waals surface area contributed by atoms with E-state index in [1.54, 1.807) is 0 Å². The van der Waals surface area contributed by atoms with Crippen LogP contribution in [0.5, 0.6) is 0 Å². The molecule has 2 fully saturated rings. The fraction of sp³-hybridized carbons (Fsp3) is 0.696. The lowest BCUT2D eigenvalue weighted by atomic mass is 10.00. The first-order valence-corrected chi connectivity index (χ1v) is 10.8. The lowest BCUT2D eigenvalue weighted by Crippen LogP contribution is -2.22. The molecular weight excluding hydrogens is 340 g/mol. The van der Waals surface area contributed by atoms with Crippen LogP contribution in [0, 0.1) is 0 Å². The van der Waals surface area contributed by atoms with Crippen LogP contribution in [-0.4, -0.2) is 24.8 Å². The minimum Gasteiger partial charge on any atom is -0.466 e. The van der Waals surface area contributed by atoms with Crippen LogP contribution in [0.25, 0.3) is 0 Å². The van der Waals surface area contributed by atoms with Crippen LogP contribution in [-0.2, 0) is 19.0 Å². The van der Waals surface area contributed by atoms with Gasteiger partial charge in [-0.1, -0.05) is 75.3 Å². The van der Waals surface area contributed by atoms with Gasteiger partial charge in [-0.3, -0.25) is 4.79 Å². The standard InChI is InChI=1S/C23H34O4/c24-22-17-11-3-1-2-9-15-20-21(16-10-4-5-12-18-25-22)27-23(26-20)19-13-7-6-8-14-19/h6-8,13-14,20-21,23H,1-5,9-12,15-18H2/t20-,21-,23?/m0/s1. The molecule has 2 aliphatic heterocycles. The van der Waals surface area contributed by atoms with Crippen molar-refractivity contribution in [2.24, 2.45) is 0 Å². The van der Waals surface area contributed by atoms with E-state index < -0.39 is 0 Å². The first-order valence-electron chi connectivity index (χ1n) is 10.8. The van der Waals surface area contributed by atoms with E-state index in [1.807, 2.05) is 18.2 Å². The quantitative estimate of drug-likeness (QED) is 0.591. The summed E-state index contributed by atoms with van der Waals surface area (Å²) in [6.07, 6.45) is 12.8. The first-order chi connectivity index (χ1) is 13.3. The highest BCUT2D eigenvalue weighted by Gasteiger charge is 2.35. The molecule has 1 unspecified atom stereocenters. The number of hydrogen-bond acceptors (Lipinski definition) is 4. The third kappa shape index (κ3) is 6.93. The highest BCUT2D eigenvalue weighted by molar-refractivity contribution is 5.69. The molecule has 4 nitrogen and oxygen atoms in total. The molecule has 27 heavy (non-hydrogen) atoms. The van der Waals surface area contributed by atoms with Gasteiger partial charge in [-0.05, 0) is 25.7 Å². The van der Waals surface area contributed by atoms with Gasteiger partial charge in [-0.15, -0.1) is 0 Å². The van der Waals surface area contributed by atoms with E-state index in [1.165, 1.54) is 12.8 Å². The minimum absolute atomic E-state index is 0.0254. The second-order valence-corrected chi connectivity index (χ2v) is 7.82. The van der Waals surface area contributed by atoms with E-state index in [0.717, 1.165) is 63.4 Å². The molecule has 0 amide bonds. The van der Waals surface area contributed by atoms with Crippen molar-refractivity contribution in [1.82, 2.24) is 0 Å². The van der Waals surface area contributed by atoms with E-state index in [-0.39, 0.29) is 24.5 Å². The molecule has 0 spiro atoms. The van der Waals surface area contributed by atoms with Gasteiger partial charge in [0, 0.05) is 12.0 Å². The van der Waals surface area contributed by atoms with Gasteiger partial charge < -0.3 is 14.2 Å². The Morgan fingerprint density at radius 2 is 1.30 bits per heavy atom. The Kier molecular flexibility index (Phi) is 8.63. The molecule has 0 aliphatic carbocycles. The average Bonchev–Trinajstić information content (AvgIpc) is 3.09. The molecule has 4 heteroatoms. The normalized spacial score (nSPS) is 29.5. The molecule has 3 atom stereocenters. The summed E-state index contributed by atoms with van der Waals surface area (Å²) in [7, 11) is 0. The second kappa shape index (κ2) is 11.5. The van der Waals surface area contributed by atoms with Crippen LogP contribution in [0.3, 0.4) is 0 Å². The maximum absolute atomic E-state index is 11.7. The van der Waals surface area contributed by atoms with E-state index in [2.05, 4.69) is 12.1 Å². The molecule has 3 rings (SSSR count). The topological polar surface area (TPSA) is 44.8 Å². The zero-order valence-corrected chi connectivity index (χ0v) is 16.4. The summed E-state index contributed by atoms with van der Waals surface area (Å²) < 4.78 is 17.9. The van der Waals surface area contributed by atoms with Crippen molar-refractivity contribution in [2.45, 2.75) is 95.5 Å². The Bertz CT molecular complexity index is 517. The third-order valence-electron chi connectivity index (χ3n) is 5.60. The molecule has 1 aromatic carbocycles. The Hall–Kier alpha value is -1.39.